The maximum atomic E-state index is 13.3. The van der Waals surface area contributed by atoms with Crippen LogP contribution in [0, 0.1) is 5.82 Å². The van der Waals surface area contributed by atoms with Crippen molar-refractivity contribution in [2.45, 2.75) is 6.54 Å². The molecule has 0 bridgehead atoms. The molecule has 0 atom stereocenters. The van der Waals surface area contributed by atoms with Crippen LogP contribution >= 0.6 is 0 Å². The highest BCUT2D eigenvalue weighted by Gasteiger charge is 2.00. The van der Waals surface area contributed by atoms with Crippen molar-refractivity contribution in [3.05, 3.63) is 71.5 Å². The number of nitrogens with two attached hydrogens (primary N) is 1. The summed E-state index contributed by atoms with van der Waals surface area (Å²) >= 11 is 0. The summed E-state index contributed by atoms with van der Waals surface area (Å²) in [6, 6.07) is 16.0. The van der Waals surface area contributed by atoms with Crippen LogP contribution in [0.15, 0.2) is 59.6 Å². The van der Waals surface area contributed by atoms with E-state index >= 15 is 0 Å². The predicted molar refractivity (Wildman–Crippen MR) is 67.3 cm³/mol. The normalized spacial score (nSPS) is 11.5. The molecule has 2 aromatic carbocycles. The van der Waals surface area contributed by atoms with Gasteiger partial charge in [-0.05, 0) is 6.07 Å². The SMILES string of the molecule is NC(=NCc1ccccc1F)c1ccccc1. The van der Waals surface area contributed by atoms with Crippen LogP contribution in [0.5, 0.6) is 0 Å². The van der Waals surface area contributed by atoms with E-state index in [0.29, 0.717) is 11.4 Å². The Kier molecular flexibility index (Phi) is 3.50. The minimum Gasteiger partial charge on any atom is -0.383 e. The number of hydrogen-bond acceptors (Lipinski definition) is 1. The van der Waals surface area contributed by atoms with Crippen molar-refractivity contribution in [1.82, 2.24) is 0 Å². The predicted octanol–water partition coefficient (Wildman–Crippen LogP) is 2.73. The molecule has 17 heavy (non-hydrogen) atoms. The Hall–Kier alpha value is -2.16. The molecular formula is C14H13FN2. The van der Waals surface area contributed by atoms with Gasteiger partial charge in [0.1, 0.15) is 11.7 Å². The first-order chi connectivity index (χ1) is 8.27. The van der Waals surface area contributed by atoms with Crippen LogP contribution in [0.2, 0.25) is 0 Å². The fourth-order valence-corrected chi connectivity index (χ4v) is 1.50. The zero-order valence-electron chi connectivity index (χ0n) is 9.31. The number of benzene rings is 2. The van der Waals surface area contributed by atoms with Gasteiger partial charge in [0.25, 0.3) is 0 Å². The minimum atomic E-state index is -0.253. The van der Waals surface area contributed by atoms with Gasteiger partial charge in [-0.1, -0.05) is 48.5 Å². The summed E-state index contributed by atoms with van der Waals surface area (Å²) in [4.78, 5) is 4.18. The highest BCUT2D eigenvalue weighted by molar-refractivity contribution is 5.97. The maximum absolute atomic E-state index is 13.3. The van der Waals surface area contributed by atoms with Crippen molar-refractivity contribution in [3.8, 4) is 0 Å². The molecule has 0 saturated carbocycles. The quantitative estimate of drug-likeness (QED) is 0.636. The molecule has 0 spiro atoms. The van der Waals surface area contributed by atoms with Crippen LogP contribution in [0.4, 0.5) is 4.39 Å². The second-order valence-corrected chi connectivity index (χ2v) is 3.66. The van der Waals surface area contributed by atoms with Crippen molar-refractivity contribution in [3.63, 3.8) is 0 Å². The molecule has 0 unspecified atom stereocenters. The molecule has 86 valence electrons. The summed E-state index contributed by atoms with van der Waals surface area (Å²) in [6.45, 7) is 0.257. The van der Waals surface area contributed by atoms with E-state index in [-0.39, 0.29) is 12.4 Å². The second kappa shape index (κ2) is 5.25. The van der Waals surface area contributed by atoms with E-state index in [1.807, 2.05) is 30.3 Å². The molecule has 0 radical (unpaired) electrons. The molecule has 0 amide bonds. The standard InChI is InChI=1S/C14H13FN2/c15-13-9-5-4-8-12(13)10-17-14(16)11-6-2-1-3-7-11/h1-9H,10H2,(H2,16,17). The van der Waals surface area contributed by atoms with E-state index < -0.39 is 0 Å². The Labute approximate surface area is 99.6 Å². The van der Waals surface area contributed by atoms with Crippen molar-refractivity contribution in [1.29, 1.82) is 0 Å². The van der Waals surface area contributed by atoms with E-state index in [9.17, 15) is 4.39 Å². The van der Waals surface area contributed by atoms with Gasteiger partial charge in [0.2, 0.25) is 0 Å². The monoisotopic (exact) mass is 228 g/mol. The first kappa shape index (κ1) is 11.3. The molecule has 0 aliphatic carbocycles. The van der Waals surface area contributed by atoms with Crippen LogP contribution in [0.25, 0.3) is 0 Å². The summed E-state index contributed by atoms with van der Waals surface area (Å²) < 4.78 is 13.3. The van der Waals surface area contributed by atoms with Crippen LogP contribution in [-0.4, -0.2) is 5.84 Å². The van der Waals surface area contributed by atoms with Crippen molar-refractivity contribution < 1.29 is 4.39 Å². The third-order valence-electron chi connectivity index (χ3n) is 2.45. The molecule has 2 nitrogen and oxygen atoms in total. The summed E-state index contributed by atoms with van der Waals surface area (Å²) in [5.74, 6) is 0.172. The molecule has 2 aromatic rings. The Balaban J connectivity index is 2.14. The highest BCUT2D eigenvalue weighted by Crippen LogP contribution is 2.08. The van der Waals surface area contributed by atoms with E-state index in [0.717, 1.165) is 5.56 Å². The summed E-state index contributed by atoms with van der Waals surface area (Å²) in [6.07, 6.45) is 0. The van der Waals surface area contributed by atoms with Gasteiger partial charge >= 0.3 is 0 Å². The number of nitrogens with zero attached hydrogens (tertiary/aromatic N) is 1. The Bertz CT molecular complexity index is 521. The minimum absolute atomic E-state index is 0.253. The molecular weight excluding hydrogens is 215 g/mol. The average molecular weight is 228 g/mol. The molecule has 3 heteroatoms. The first-order valence-corrected chi connectivity index (χ1v) is 5.36. The van der Waals surface area contributed by atoms with Crippen LogP contribution in [0.3, 0.4) is 0 Å². The summed E-state index contributed by atoms with van der Waals surface area (Å²) in [7, 11) is 0. The average Bonchev–Trinajstić information content (AvgIpc) is 2.38. The molecule has 0 aliphatic heterocycles. The van der Waals surface area contributed by atoms with Crippen LogP contribution in [-0.2, 0) is 6.54 Å². The van der Waals surface area contributed by atoms with Gasteiger partial charge in [0, 0.05) is 11.1 Å². The summed E-state index contributed by atoms with van der Waals surface area (Å²) in [5, 5.41) is 0. The number of hydrogen-bond donors (Lipinski definition) is 1. The summed E-state index contributed by atoms with van der Waals surface area (Å²) in [5.41, 5.74) is 7.22. The Morgan fingerprint density at radius 1 is 1.00 bits per heavy atom. The Morgan fingerprint density at radius 2 is 1.65 bits per heavy atom. The lowest BCUT2D eigenvalue weighted by atomic mass is 10.2. The van der Waals surface area contributed by atoms with Gasteiger partial charge in [-0.2, -0.15) is 0 Å². The number of aliphatic imine (C=N–C) groups is 1. The molecule has 2 rings (SSSR count). The number of halogens is 1. The smallest absolute Gasteiger partial charge is 0.128 e. The molecule has 2 N–H and O–H groups in total. The highest BCUT2D eigenvalue weighted by atomic mass is 19.1. The van der Waals surface area contributed by atoms with Gasteiger partial charge in [-0.15, -0.1) is 0 Å². The van der Waals surface area contributed by atoms with Gasteiger partial charge in [-0.25, -0.2) is 4.39 Å². The second-order valence-electron chi connectivity index (χ2n) is 3.66. The van der Waals surface area contributed by atoms with Crippen molar-refractivity contribution >= 4 is 5.84 Å². The number of amidine groups is 1. The topological polar surface area (TPSA) is 38.4 Å². The van der Waals surface area contributed by atoms with Gasteiger partial charge in [0.15, 0.2) is 0 Å². The van der Waals surface area contributed by atoms with Gasteiger partial charge in [0.05, 0.1) is 6.54 Å². The zero-order valence-corrected chi connectivity index (χ0v) is 9.31. The molecule has 0 fully saturated rings. The van der Waals surface area contributed by atoms with Crippen molar-refractivity contribution in [2.75, 3.05) is 0 Å². The fourth-order valence-electron chi connectivity index (χ4n) is 1.50. The lowest BCUT2D eigenvalue weighted by molar-refractivity contribution is 0.611. The molecule has 0 aliphatic rings. The molecule has 0 aromatic heterocycles. The third kappa shape index (κ3) is 2.91. The largest absolute Gasteiger partial charge is 0.383 e. The lowest BCUT2D eigenvalue weighted by Gasteiger charge is -2.02. The number of rotatable bonds is 3. The molecule has 0 saturated heterocycles. The first-order valence-electron chi connectivity index (χ1n) is 5.36. The Morgan fingerprint density at radius 3 is 2.35 bits per heavy atom. The maximum Gasteiger partial charge on any atom is 0.128 e. The van der Waals surface area contributed by atoms with E-state index in [2.05, 4.69) is 4.99 Å². The van der Waals surface area contributed by atoms with E-state index in [4.69, 9.17) is 5.73 Å². The van der Waals surface area contributed by atoms with Crippen molar-refractivity contribution in [2.24, 2.45) is 10.7 Å². The third-order valence-corrected chi connectivity index (χ3v) is 2.45. The zero-order chi connectivity index (χ0) is 12.1. The van der Waals surface area contributed by atoms with Gasteiger partial charge < -0.3 is 5.73 Å². The van der Waals surface area contributed by atoms with Gasteiger partial charge in [-0.3, -0.25) is 4.99 Å². The fraction of sp³-hybridized carbons (Fsp3) is 0.0714. The van der Waals surface area contributed by atoms with Crippen LogP contribution < -0.4 is 5.73 Å². The van der Waals surface area contributed by atoms with E-state index in [1.54, 1.807) is 18.2 Å². The lowest BCUT2D eigenvalue weighted by Crippen LogP contribution is -2.13. The molecule has 0 heterocycles. The van der Waals surface area contributed by atoms with Crippen LogP contribution in [0.1, 0.15) is 11.1 Å². The van der Waals surface area contributed by atoms with E-state index in [1.165, 1.54) is 6.07 Å².